The van der Waals surface area contributed by atoms with E-state index in [0.29, 0.717) is 19.8 Å². The lowest BCUT2D eigenvalue weighted by atomic mass is 10.1. The summed E-state index contributed by atoms with van der Waals surface area (Å²) in [6.07, 6.45) is 2.40. The maximum absolute atomic E-state index is 11.2. The van der Waals surface area contributed by atoms with Crippen LogP contribution < -0.4 is 10.1 Å². The third kappa shape index (κ3) is 3.89. The third-order valence-electron chi connectivity index (χ3n) is 3.36. The van der Waals surface area contributed by atoms with Gasteiger partial charge in [-0.1, -0.05) is 6.92 Å². The molecule has 8 nitrogen and oxygen atoms in total. The lowest BCUT2D eigenvalue weighted by molar-refractivity contribution is -0.142. The molecule has 1 aromatic heterocycles. The van der Waals surface area contributed by atoms with E-state index in [1.807, 2.05) is 6.92 Å². The minimum atomic E-state index is -1.20. The summed E-state index contributed by atoms with van der Waals surface area (Å²) in [6, 6.07) is 1.53. The summed E-state index contributed by atoms with van der Waals surface area (Å²) in [4.78, 5) is 19.4. The summed E-state index contributed by atoms with van der Waals surface area (Å²) < 4.78 is 10.8. The molecule has 0 amide bonds. The van der Waals surface area contributed by atoms with Crippen molar-refractivity contribution in [3.63, 3.8) is 0 Å². The highest BCUT2D eigenvalue weighted by Gasteiger charge is 2.39. The second kappa shape index (κ2) is 7.28. The fourth-order valence-electron chi connectivity index (χ4n) is 2.02. The molecule has 0 fully saturated rings. The van der Waals surface area contributed by atoms with Gasteiger partial charge in [0, 0.05) is 18.9 Å². The number of carboxylic acid groups (broad SMARTS) is 1. The number of hydrogen-bond acceptors (Lipinski definition) is 7. The van der Waals surface area contributed by atoms with Crippen LogP contribution in [0.4, 0.5) is 0 Å². The highest BCUT2D eigenvalue weighted by molar-refractivity contribution is 6.04. The molecule has 0 saturated heterocycles. The van der Waals surface area contributed by atoms with Gasteiger partial charge in [0.15, 0.2) is 28.6 Å². The molecule has 1 aromatic rings. The lowest BCUT2D eigenvalue weighted by Gasteiger charge is -2.19. The zero-order chi connectivity index (χ0) is 16.9. The Morgan fingerprint density at radius 1 is 1.43 bits per heavy atom. The van der Waals surface area contributed by atoms with Crippen LogP contribution in [0.3, 0.4) is 0 Å². The summed E-state index contributed by atoms with van der Waals surface area (Å²) >= 11 is 0. The number of nitrogens with one attached hydrogen (secondary N) is 1. The molecule has 23 heavy (non-hydrogen) atoms. The van der Waals surface area contributed by atoms with E-state index in [9.17, 15) is 15.0 Å². The lowest BCUT2D eigenvalue weighted by Crippen LogP contribution is -2.50. The van der Waals surface area contributed by atoms with E-state index in [2.05, 4.69) is 15.3 Å². The van der Waals surface area contributed by atoms with Crippen LogP contribution in [0.15, 0.2) is 17.3 Å². The molecule has 0 aromatic carbocycles. The molecule has 8 heteroatoms. The second-order valence-corrected chi connectivity index (χ2v) is 5.39. The number of carboxylic acids is 1. The van der Waals surface area contributed by atoms with Gasteiger partial charge >= 0.3 is 5.97 Å². The smallest absolute Gasteiger partial charge is 0.331 e. The van der Waals surface area contributed by atoms with Crippen LogP contribution in [-0.4, -0.2) is 58.9 Å². The summed E-state index contributed by atoms with van der Waals surface area (Å²) in [6.45, 7) is 4.97. The fraction of sp³-hybridized carbons (Fsp3) is 0.533. The molecule has 126 valence electrons. The number of aliphatic carboxylic acids is 1. The first-order chi connectivity index (χ1) is 11.0. The minimum Gasteiger partial charge on any atom is -0.503 e. The molecule has 2 rings (SSSR count). The van der Waals surface area contributed by atoms with Gasteiger partial charge in [-0.05, 0) is 13.3 Å². The molecule has 0 bridgehead atoms. The molecule has 0 aliphatic carbocycles. The van der Waals surface area contributed by atoms with Crippen molar-refractivity contribution in [1.29, 1.82) is 0 Å². The van der Waals surface area contributed by atoms with E-state index in [1.54, 1.807) is 0 Å². The largest absolute Gasteiger partial charge is 0.503 e. The van der Waals surface area contributed by atoms with Crippen molar-refractivity contribution in [2.75, 3.05) is 26.4 Å². The first-order valence-corrected chi connectivity index (χ1v) is 7.43. The SMILES string of the molecule is CCCOCCOc1ccnc(C2=NCC(C)(C(=O)O)N2)c1O. The van der Waals surface area contributed by atoms with Crippen molar-refractivity contribution >= 4 is 11.8 Å². The van der Waals surface area contributed by atoms with Crippen LogP contribution in [0.2, 0.25) is 0 Å². The molecule has 1 aliphatic rings. The number of nitrogens with zero attached hydrogens (tertiary/aromatic N) is 2. The number of rotatable bonds is 8. The van der Waals surface area contributed by atoms with Crippen LogP contribution in [-0.2, 0) is 9.53 Å². The van der Waals surface area contributed by atoms with Crippen molar-refractivity contribution in [3.05, 3.63) is 18.0 Å². The van der Waals surface area contributed by atoms with Gasteiger partial charge in [-0.25, -0.2) is 9.78 Å². The Kier molecular flexibility index (Phi) is 5.38. The molecular weight excluding hydrogens is 302 g/mol. The number of aliphatic imine (C=N–C) groups is 1. The number of pyridine rings is 1. The Bertz CT molecular complexity index is 605. The summed E-state index contributed by atoms with van der Waals surface area (Å²) in [5.41, 5.74) is -1.03. The van der Waals surface area contributed by atoms with Crippen LogP contribution >= 0.6 is 0 Å². The molecule has 1 unspecified atom stereocenters. The van der Waals surface area contributed by atoms with Gasteiger partial charge in [-0.3, -0.25) is 4.99 Å². The first kappa shape index (κ1) is 17.0. The number of ether oxygens (including phenoxy) is 2. The number of aromatic hydroxyl groups is 1. The van der Waals surface area contributed by atoms with E-state index in [1.165, 1.54) is 19.2 Å². The maximum atomic E-state index is 11.2. The van der Waals surface area contributed by atoms with Crippen LogP contribution in [0.25, 0.3) is 0 Å². The van der Waals surface area contributed by atoms with E-state index >= 15 is 0 Å². The molecule has 1 aliphatic heterocycles. The molecule has 0 spiro atoms. The molecule has 0 radical (unpaired) electrons. The topological polar surface area (TPSA) is 113 Å². The molecule has 3 N–H and O–H groups in total. The molecule has 1 atom stereocenters. The van der Waals surface area contributed by atoms with Gasteiger partial charge in [0.1, 0.15) is 6.61 Å². The van der Waals surface area contributed by atoms with E-state index < -0.39 is 11.5 Å². The van der Waals surface area contributed by atoms with Gasteiger partial charge in [-0.15, -0.1) is 0 Å². The highest BCUT2D eigenvalue weighted by atomic mass is 16.5. The average molecular weight is 323 g/mol. The third-order valence-corrected chi connectivity index (χ3v) is 3.36. The van der Waals surface area contributed by atoms with E-state index in [-0.39, 0.29) is 29.6 Å². The Labute approximate surface area is 134 Å². The Hall–Kier alpha value is -2.35. The quantitative estimate of drug-likeness (QED) is 0.606. The van der Waals surface area contributed by atoms with Crippen molar-refractivity contribution in [2.24, 2.45) is 4.99 Å². The zero-order valence-corrected chi connectivity index (χ0v) is 13.2. The normalized spacial score (nSPS) is 20.0. The number of carbonyl (C=O) groups is 1. The Morgan fingerprint density at radius 3 is 2.87 bits per heavy atom. The molecule has 0 saturated carbocycles. The predicted octanol–water partition coefficient (Wildman–Crippen LogP) is 0.786. The van der Waals surface area contributed by atoms with Gasteiger partial charge in [-0.2, -0.15) is 0 Å². The van der Waals surface area contributed by atoms with Crippen molar-refractivity contribution in [2.45, 2.75) is 25.8 Å². The summed E-state index contributed by atoms with van der Waals surface area (Å²) in [7, 11) is 0. The Morgan fingerprint density at radius 2 is 2.22 bits per heavy atom. The van der Waals surface area contributed by atoms with E-state index in [0.717, 1.165) is 6.42 Å². The number of amidine groups is 1. The average Bonchev–Trinajstić information content (AvgIpc) is 2.92. The van der Waals surface area contributed by atoms with Crippen molar-refractivity contribution in [1.82, 2.24) is 10.3 Å². The first-order valence-electron chi connectivity index (χ1n) is 7.43. The highest BCUT2D eigenvalue weighted by Crippen LogP contribution is 2.29. The van der Waals surface area contributed by atoms with Gasteiger partial charge in [0.25, 0.3) is 0 Å². The van der Waals surface area contributed by atoms with Gasteiger partial charge < -0.3 is 25.0 Å². The number of hydrogen-bond donors (Lipinski definition) is 3. The maximum Gasteiger partial charge on any atom is 0.331 e. The predicted molar refractivity (Wildman–Crippen MR) is 83.1 cm³/mol. The van der Waals surface area contributed by atoms with Crippen molar-refractivity contribution < 1.29 is 24.5 Å². The van der Waals surface area contributed by atoms with E-state index in [4.69, 9.17) is 9.47 Å². The molecular formula is C15H21N3O5. The zero-order valence-electron chi connectivity index (χ0n) is 13.2. The van der Waals surface area contributed by atoms with Crippen LogP contribution in [0.5, 0.6) is 11.5 Å². The fourth-order valence-corrected chi connectivity index (χ4v) is 2.02. The van der Waals surface area contributed by atoms with Gasteiger partial charge in [0.2, 0.25) is 0 Å². The Balaban J connectivity index is 2.04. The van der Waals surface area contributed by atoms with Crippen LogP contribution in [0.1, 0.15) is 26.0 Å². The standard InChI is InChI=1S/C15H21N3O5/c1-3-6-22-7-8-23-10-4-5-16-11(12(10)19)13-17-9-15(2,18-13)14(20)21/h4-5,19H,3,6-9H2,1-2H3,(H,17,18)(H,20,21). The monoisotopic (exact) mass is 323 g/mol. The van der Waals surface area contributed by atoms with Crippen molar-refractivity contribution in [3.8, 4) is 11.5 Å². The minimum absolute atomic E-state index is 0.0642. The number of aromatic nitrogens is 1. The summed E-state index contributed by atoms with van der Waals surface area (Å²) in [5.74, 6) is -0.705. The van der Waals surface area contributed by atoms with Crippen LogP contribution in [0, 0.1) is 0 Å². The second-order valence-electron chi connectivity index (χ2n) is 5.39. The summed E-state index contributed by atoms with van der Waals surface area (Å²) in [5, 5.41) is 22.2. The van der Waals surface area contributed by atoms with Gasteiger partial charge in [0.05, 0.1) is 13.2 Å². The molecule has 2 heterocycles.